The third-order valence-electron chi connectivity index (χ3n) is 7.55. The number of methoxy groups -OCH3 is 1. The number of piperazine rings is 1. The smallest absolute Gasteiger partial charge is 0.223 e. The van der Waals surface area contributed by atoms with Crippen LogP contribution >= 0.6 is 11.8 Å². The molecule has 42 heavy (non-hydrogen) atoms. The highest BCUT2D eigenvalue weighted by atomic mass is 32.2. The van der Waals surface area contributed by atoms with E-state index in [1.807, 2.05) is 64.4 Å². The Hall–Kier alpha value is -3.33. The second kappa shape index (κ2) is 14.2. The highest BCUT2D eigenvalue weighted by molar-refractivity contribution is 7.99. The van der Waals surface area contributed by atoms with E-state index in [0.29, 0.717) is 38.4 Å². The van der Waals surface area contributed by atoms with E-state index in [1.54, 1.807) is 18.9 Å². The summed E-state index contributed by atoms with van der Waals surface area (Å²) in [6, 6.07) is 17.9. The minimum absolute atomic E-state index is 0.0332. The Labute approximate surface area is 254 Å². The zero-order chi connectivity index (χ0) is 30.3. The Morgan fingerprint density at radius 3 is 2.38 bits per heavy atom. The van der Waals surface area contributed by atoms with Crippen LogP contribution in [0.25, 0.3) is 17.1 Å². The lowest BCUT2D eigenvalue weighted by Crippen LogP contribution is -2.55. The van der Waals surface area contributed by atoms with Crippen LogP contribution in [0.2, 0.25) is 0 Å². The highest BCUT2D eigenvalue weighted by Crippen LogP contribution is 2.30. The molecule has 1 fully saturated rings. The number of hydrogen-bond acceptors (Lipinski definition) is 6. The van der Waals surface area contributed by atoms with Crippen molar-refractivity contribution in [2.24, 2.45) is 11.3 Å². The summed E-state index contributed by atoms with van der Waals surface area (Å²) in [5, 5.41) is 9.80. The maximum atomic E-state index is 13.1. The van der Waals surface area contributed by atoms with Crippen LogP contribution in [0.15, 0.2) is 59.8 Å². The van der Waals surface area contributed by atoms with Gasteiger partial charge in [-0.05, 0) is 55.4 Å². The van der Waals surface area contributed by atoms with Crippen LogP contribution < -0.4 is 4.74 Å². The summed E-state index contributed by atoms with van der Waals surface area (Å²) in [5.74, 6) is 3.01. The minimum Gasteiger partial charge on any atom is -0.497 e. The van der Waals surface area contributed by atoms with Crippen molar-refractivity contribution in [2.75, 3.05) is 32.5 Å². The van der Waals surface area contributed by atoms with E-state index in [0.717, 1.165) is 46.6 Å². The van der Waals surface area contributed by atoms with Gasteiger partial charge >= 0.3 is 0 Å². The molecule has 226 valence electrons. The molecular weight excluding hydrogens is 546 g/mol. The average molecular weight is 592 g/mol. The second-order valence-corrected chi connectivity index (χ2v) is 13.6. The molecule has 2 atom stereocenters. The number of thioether (sulfide) groups is 1. The number of carbonyl (C=O) groups is 2. The highest BCUT2D eigenvalue weighted by Gasteiger charge is 2.30. The Bertz CT molecular complexity index is 1320. The molecule has 2 amide bonds. The minimum atomic E-state index is 0.0332. The molecule has 8 nitrogen and oxygen atoms in total. The maximum absolute atomic E-state index is 13.1. The number of hydrogen-bond donors (Lipinski definition) is 0. The first kappa shape index (κ1) is 31.6. The molecule has 3 aromatic rings. The fourth-order valence-electron chi connectivity index (χ4n) is 5.73. The number of benzene rings is 2. The van der Waals surface area contributed by atoms with Crippen LogP contribution in [-0.2, 0) is 9.59 Å². The molecule has 2 aromatic carbocycles. The van der Waals surface area contributed by atoms with Gasteiger partial charge < -0.3 is 14.5 Å². The standard InChI is InChI=1S/C33H45N5O3S/c1-24(22-33(3,4)5)21-30(40)37-19-18-36(23-25(37)2)29(39)13-10-20-42-32-35-34-31(26-11-8-7-9-12-26)38(32)27-14-16-28(41-6)17-15-27/h7-9,11-12,14-17,24-25H,10,13,18-23H2,1-6H3. The monoisotopic (exact) mass is 591 g/mol. The van der Waals surface area contributed by atoms with Crippen molar-refractivity contribution in [1.82, 2.24) is 24.6 Å². The van der Waals surface area contributed by atoms with Crippen molar-refractivity contribution in [3.63, 3.8) is 0 Å². The third-order valence-corrected chi connectivity index (χ3v) is 8.56. The van der Waals surface area contributed by atoms with Crippen molar-refractivity contribution in [3.8, 4) is 22.8 Å². The van der Waals surface area contributed by atoms with Gasteiger partial charge in [0.2, 0.25) is 11.8 Å². The Kier molecular flexibility index (Phi) is 10.7. The first-order valence-electron chi connectivity index (χ1n) is 14.9. The van der Waals surface area contributed by atoms with E-state index < -0.39 is 0 Å². The van der Waals surface area contributed by atoms with Gasteiger partial charge in [0.1, 0.15) is 5.75 Å². The lowest BCUT2D eigenvalue weighted by molar-refractivity contribution is -0.143. The van der Waals surface area contributed by atoms with Gasteiger partial charge in [-0.25, -0.2) is 0 Å². The van der Waals surface area contributed by atoms with E-state index in [2.05, 4.69) is 49.4 Å². The molecule has 0 bridgehead atoms. The van der Waals surface area contributed by atoms with Crippen molar-refractivity contribution in [2.45, 2.75) is 71.5 Å². The van der Waals surface area contributed by atoms with Crippen LogP contribution in [0.4, 0.5) is 0 Å². The summed E-state index contributed by atoms with van der Waals surface area (Å²) in [7, 11) is 1.65. The SMILES string of the molecule is COc1ccc(-n2c(SCCCC(=O)N3CCN(C(=O)CC(C)CC(C)(C)C)C(C)C3)nnc2-c2ccccc2)cc1. The van der Waals surface area contributed by atoms with Gasteiger partial charge in [0.15, 0.2) is 11.0 Å². The van der Waals surface area contributed by atoms with Crippen LogP contribution in [0.3, 0.4) is 0 Å². The number of nitrogens with zero attached hydrogens (tertiary/aromatic N) is 5. The van der Waals surface area contributed by atoms with Crippen molar-refractivity contribution >= 4 is 23.6 Å². The Morgan fingerprint density at radius 1 is 1.02 bits per heavy atom. The zero-order valence-corrected chi connectivity index (χ0v) is 26.7. The van der Waals surface area contributed by atoms with E-state index in [1.165, 1.54) is 0 Å². The summed E-state index contributed by atoms with van der Waals surface area (Å²) in [6.07, 6.45) is 2.80. The molecule has 1 aromatic heterocycles. The predicted molar refractivity (Wildman–Crippen MR) is 169 cm³/mol. The molecule has 1 aliphatic rings. The first-order valence-corrected chi connectivity index (χ1v) is 15.9. The molecule has 1 saturated heterocycles. The van der Waals surface area contributed by atoms with Gasteiger partial charge in [-0.1, -0.05) is 69.8 Å². The van der Waals surface area contributed by atoms with Crippen molar-refractivity contribution < 1.29 is 14.3 Å². The molecule has 4 rings (SSSR count). The van der Waals surface area contributed by atoms with E-state index in [9.17, 15) is 9.59 Å². The topological polar surface area (TPSA) is 80.6 Å². The summed E-state index contributed by atoms with van der Waals surface area (Å²) in [6.45, 7) is 12.7. The van der Waals surface area contributed by atoms with E-state index in [4.69, 9.17) is 4.74 Å². The van der Waals surface area contributed by atoms with Crippen molar-refractivity contribution in [1.29, 1.82) is 0 Å². The average Bonchev–Trinajstić information content (AvgIpc) is 3.38. The number of amides is 2. The molecule has 9 heteroatoms. The van der Waals surface area contributed by atoms with Crippen molar-refractivity contribution in [3.05, 3.63) is 54.6 Å². The number of carbonyl (C=O) groups excluding carboxylic acids is 2. The number of rotatable bonds is 11. The molecular formula is C33H45N5O3S. The summed E-state index contributed by atoms with van der Waals surface area (Å²) in [5.41, 5.74) is 2.15. The normalized spacial score (nSPS) is 16.4. The second-order valence-electron chi connectivity index (χ2n) is 12.5. The van der Waals surface area contributed by atoms with Gasteiger partial charge in [0.05, 0.1) is 7.11 Å². The summed E-state index contributed by atoms with van der Waals surface area (Å²) < 4.78 is 7.39. The zero-order valence-electron chi connectivity index (χ0n) is 25.9. The molecule has 0 aliphatic carbocycles. The quantitative estimate of drug-likeness (QED) is 0.191. The van der Waals surface area contributed by atoms with Gasteiger partial charge in [-0.2, -0.15) is 0 Å². The molecule has 0 N–H and O–H groups in total. The maximum Gasteiger partial charge on any atom is 0.223 e. The summed E-state index contributed by atoms with van der Waals surface area (Å²) in [4.78, 5) is 29.9. The van der Waals surface area contributed by atoms with Gasteiger partial charge in [-0.3, -0.25) is 14.2 Å². The molecule has 0 radical (unpaired) electrons. The van der Waals surface area contributed by atoms with Gasteiger partial charge in [0.25, 0.3) is 0 Å². The fraction of sp³-hybridized carbons (Fsp3) is 0.515. The van der Waals surface area contributed by atoms with Crippen LogP contribution in [0.1, 0.15) is 60.3 Å². The molecule has 2 unspecified atom stereocenters. The number of ether oxygens (including phenoxy) is 1. The molecule has 1 aliphatic heterocycles. The Morgan fingerprint density at radius 2 is 1.74 bits per heavy atom. The molecule has 2 heterocycles. The lowest BCUT2D eigenvalue weighted by Gasteiger charge is -2.40. The third kappa shape index (κ3) is 8.37. The largest absolute Gasteiger partial charge is 0.497 e. The van der Waals surface area contributed by atoms with E-state index >= 15 is 0 Å². The first-order chi connectivity index (χ1) is 20.1. The molecule has 0 spiro atoms. The van der Waals surface area contributed by atoms with Gasteiger partial charge in [-0.15, -0.1) is 10.2 Å². The van der Waals surface area contributed by atoms with Crippen LogP contribution in [0.5, 0.6) is 5.75 Å². The van der Waals surface area contributed by atoms with Crippen LogP contribution in [-0.4, -0.2) is 74.9 Å². The Balaban J connectivity index is 1.31. The van der Waals surface area contributed by atoms with Crippen LogP contribution in [0, 0.1) is 11.3 Å². The lowest BCUT2D eigenvalue weighted by atomic mass is 9.84. The number of aromatic nitrogens is 3. The fourth-order valence-corrected chi connectivity index (χ4v) is 6.62. The van der Waals surface area contributed by atoms with Gasteiger partial charge in [0, 0.05) is 55.5 Å². The molecule has 0 saturated carbocycles. The predicted octanol–water partition coefficient (Wildman–Crippen LogP) is 6.34. The van der Waals surface area contributed by atoms with E-state index in [-0.39, 0.29) is 23.3 Å². The summed E-state index contributed by atoms with van der Waals surface area (Å²) >= 11 is 1.60.